The Hall–Kier alpha value is -2.31. The van der Waals surface area contributed by atoms with E-state index in [9.17, 15) is 4.39 Å². The molecule has 130 valence electrons. The van der Waals surface area contributed by atoms with Gasteiger partial charge in [-0.25, -0.2) is 8.87 Å². The van der Waals surface area contributed by atoms with Gasteiger partial charge in [-0.05, 0) is 54.7 Å². The molecule has 0 unspecified atom stereocenters. The molecule has 0 saturated carbocycles. The lowest BCUT2D eigenvalue weighted by molar-refractivity contribution is 0.277. The summed E-state index contributed by atoms with van der Waals surface area (Å²) in [5.41, 5.74) is 3.80. The van der Waals surface area contributed by atoms with Crippen molar-refractivity contribution in [1.29, 1.82) is 0 Å². The lowest BCUT2D eigenvalue weighted by Gasteiger charge is -2.40. The van der Waals surface area contributed by atoms with Gasteiger partial charge in [0.2, 0.25) is 0 Å². The van der Waals surface area contributed by atoms with Crippen LogP contribution >= 0.6 is 0 Å². The van der Waals surface area contributed by atoms with Gasteiger partial charge in [0.15, 0.2) is 0 Å². The van der Waals surface area contributed by atoms with Crippen molar-refractivity contribution >= 4 is 5.69 Å². The molecule has 0 spiro atoms. The third-order valence-electron chi connectivity index (χ3n) is 5.34. The molecule has 0 bridgehead atoms. The first-order valence-electron chi connectivity index (χ1n) is 8.86. The largest absolute Gasteiger partial charge is 0.497 e. The normalized spacial score (nSPS) is 18.5. The molecule has 3 heteroatoms. The van der Waals surface area contributed by atoms with Crippen LogP contribution < -0.4 is 9.22 Å². The smallest absolute Gasteiger partial charge is 0.146 e. The van der Waals surface area contributed by atoms with Crippen LogP contribution in [0.15, 0.2) is 42.5 Å². The average Bonchev–Trinajstić information content (AvgIpc) is 2.66. The lowest BCUT2D eigenvalue weighted by atomic mass is 9.85. The fourth-order valence-electron chi connectivity index (χ4n) is 4.01. The van der Waals surface area contributed by atoms with E-state index in [1.54, 1.807) is 7.11 Å². The molecule has 0 radical (unpaired) electrons. The number of ether oxygens (including phenoxy) is 1. The molecule has 2 atom stereocenters. The molecule has 2 aromatic carbocycles. The molecule has 0 aliphatic heterocycles. The van der Waals surface area contributed by atoms with E-state index >= 15 is 0 Å². The van der Waals surface area contributed by atoms with E-state index < -0.39 is 0 Å². The number of quaternary nitrogens is 1. The summed E-state index contributed by atoms with van der Waals surface area (Å²) in [5, 5.41) is 0. The van der Waals surface area contributed by atoms with Crippen molar-refractivity contribution in [2.24, 2.45) is 0 Å². The van der Waals surface area contributed by atoms with Crippen molar-refractivity contribution in [2.45, 2.75) is 39.2 Å². The summed E-state index contributed by atoms with van der Waals surface area (Å²) >= 11 is 0. The van der Waals surface area contributed by atoms with Crippen LogP contribution in [-0.2, 0) is 12.8 Å². The summed E-state index contributed by atoms with van der Waals surface area (Å²) in [6, 6.07) is 17.0. The van der Waals surface area contributed by atoms with Crippen molar-refractivity contribution < 1.29 is 9.13 Å². The zero-order valence-corrected chi connectivity index (χ0v) is 15.2. The topological polar surface area (TPSA) is 9.23 Å². The molecule has 0 N–H and O–H groups in total. The van der Waals surface area contributed by atoms with Crippen LogP contribution in [0.25, 0.3) is 0 Å². The molecule has 0 aromatic heterocycles. The second-order valence-electron chi connectivity index (χ2n) is 6.55. The van der Waals surface area contributed by atoms with Gasteiger partial charge in [-0.3, -0.25) is 0 Å². The van der Waals surface area contributed by atoms with E-state index in [-0.39, 0.29) is 5.82 Å². The first-order chi connectivity index (χ1) is 12.1. The number of benzene rings is 2. The van der Waals surface area contributed by atoms with Crippen LogP contribution in [-0.4, -0.2) is 19.7 Å². The zero-order chi connectivity index (χ0) is 17.9. The highest BCUT2D eigenvalue weighted by Gasteiger charge is 2.39. The van der Waals surface area contributed by atoms with Crippen LogP contribution in [0, 0.1) is 17.8 Å². The maximum Gasteiger partial charge on any atom is 0.146 e. The molecule has 0 fully saturated rings. The highest BCUT2D eigenvalue weighted by Crippen LogP contribution is 2.35. The molecule has 25 heavy (non-hydrogen) atoms. The Morgan fingerprint density at radius 3 is 2.56 bits per heavy atom. The molecular formula is C22H25FNO+. The molecular weight excluding hydrogens is 313 g/mol. The molecule has 2 nitrogen and oxygen atoms in total. The van der Waals surface area contributed by atoms with Gasteiger partial charge in [0.25, 0.3) is 0 Å². The van der Waals surface area contributed by atoms with E-state index in [0.29, 0.717) is 10.5 Å². The number of rotatable bonds is 4. The fourth-order valence-corrected chi connectivity index (χ4v) is 4.01. The Morgan fingerprint density at radius 2 is 1.92 bits per heavy atom. The van der Waals surface area contributed by atoms with E-state index in [1.807, 2.05) is 25.1 Å². The predicted octanol–water partition coefficient (Wildman–Crippen LogP) is 4.70. The maximum absolute atomic E-state index is 13.4. The van der Waals surface area contributed by atoms with E-state index in [1.165, 1.54) is 23.3 Å². The SMILES string of the molecule is CC#C[N@@+](CC)(c1ccc(F)cc1)[C@H]1CCc2ccc(OC)cc2C1. The summed E-state index contributed by atoms with van der Waals surface area (Å²) in [6.07, 6.45) is 3.06. The van der Waals surface area contributed by atoms with Crippen LogP contribution in [0.3, 0.4) is 0 Å². The average molecular weight is 338 g/mol. The molecule has 3 rings (SSSR count). The Bertz CT molecular complexity index is 803. The monoisotopic (exact) mass is 338 g/mol. The highest BCUT2D eigenvalue weighted by molar-refractivity contribution is 5.50. The summed E-state index contributed by atoms with van der Waals surface area (Å²) < 4.78 is 19.4. The molecule has 2 aromatic rings. The fraction of sp³-hybridized carbons (Fsp3) is 0.364. The second kappa shape index (κ2) is 7.29. The van der Waals surface area contributed by atoms with E-state index in [4.69, 9.17) is 4.74 Å². The zero-order valence-electron chi connectivity index (χ0n) is 15.2. The van der Waals surface area contributed by atoms with Crippen LogP contribution in [0.4, 0.5) is 10.1 Å². The summed E-state index contributed by atoms with van der Waals surface area (Å²) in [5.74, 6) is 3.81. The third-order valence-corrected chi connectivity index (χ3v) is 5.34. The van der Waals surface area contributed by atoms with Gasteiger partial charge >= 0.3 is 0 Å². The highest BCUT2D eigenvalue weighted by atomic mass is 19.1. The Kier molecular flexibility index (Phi) is 5.11. The number of halogens is 1. The van der Waals surface area contributed by atoms with Gasteiger partial charge < -0.3 is 4.74 Å². The number of nitrogens with zero attached hydrogens (tertiary/aromatic N) is 1. The summed E-state index contributed by atoms with van der Waals surface area (Å²) in [6.45, 7) is 4.90. The van der Waals surface area contributed by atoms with Gasteiger partial charge in [0.1, 0.15) is 29.3 Å². The quantitative estimate of drug-likeness (QED) is 0.580. The molecule has 1 aliphatic rings. The third kappa shape index (κ3) is 3.27. The van der Waals surface area contributed by atoms with Gasteiger partial charge in [0, 0.05) is 31.9 Å². The summed E-state index contributed by atoms with van der Waals surface area (Å²) in [4.78, 5) is 0. The lowest BCUT2D eigenvalue weighted by Crippen LogP contribution is -2.55. The molecule has 0 heterocycles. The van der Waals surface area contributed by atoms with Crippen LogP contribution in [0.1, 0.15) is 31.4 Å². The molecule has 0 amide bonds. The number of likely N-dealkylation sites (N-methyl/N-ethyl adjacent to an activating group) is 1. The van der Waals surface area contributed by atoms with Crippen molar-refractivity contribution in [3.05, 3.63) is 59.4 Å². The van der Waals surface area contributed by atoms with Crippen LogP contribution in [0.2, 0.25) is 0 Å². The first-order valence-corrected chi connectivity index (χ1v) is 8.86. The Morgan fingerprint density at radius 1 is 1.16 bits per heavy atom. The molecule has 0 saturated heterocycles. The van der Waals surface area contributed by atoms with Gasteiger partial charge in [-0.2, -0.15) is 0 Å². The predicted molar refractivity (Wildman–Crippen MR) is 101 cm³/mol. The van der Waals surface area contributed by atoms with Crippen molar-refractivity contribution in [1.82, 2.24) is 4.48 Å². The standard InChI is InChI=1S/C22H25FNO/c1-4-14-24(5-2,20-11-8-19(23)9-12-20)21-10-6-17-7-13-22(25-3)16-18(17)15-21/h7-9,11-13,16,21H,5-6,10,15H2,1-3H3/q+1/t21-,24-/m0/s1. The maximum atomic E-state index is 13.4. The van der Waals surface area contributed by atoms with Gasteiger partial charge in [0.05, 0.1) is 13.7 Å². The Balaban J connectivity index is 2.02. The van der Waals surface area contributed by atoms with Crippen molar-refractivity contribution in [3.8, 4) is 17.7 Å². The van der Waals surface area contributed by atoms with Crippen molar-refractivity contribution in [3.63, 3.8) is 0 Å². The first kappa shape index (κ1) is 17.5. The minimum atomic E-state index is -0.207. The van der Waals surface area contributed by atoms with Gasteiger partial charge in [-0.1, -0.05) is 6.07 Å². The number of aryl methyl sites for hydroxylation is 1. The van der Waals surface area contributed by atoms with Crippen LogP contribution in [0.5, 0.6) is 5.75 Å². The minimum absolute atomic E-state index is 0.207. The van der Waals surface area contributed by atoms with Gasteiger partial charge in [-0.15, -0.1) is 0 Å². The Labute approximate surface area is 149 Å². The van der Waals surface area contributed by atoms with Crippen molar-refractivity contribution in [2.75, 3.05) is 13.7 Å². The summed E-state index contributed by atoms with van der Waals surface area (Å²) in [7, 11) is 1.70. The van der Waals surface area contributed by atoms with E-state index in [0.717, 1.165) is 37.2 Å². The van der Waals surface area contributed by atoms with E-state index in [2.05, 4.69) is 31.0 Å². The number of fused-ring (bicyclic) bond motifs is 1. The second-order valence-corrected chi connectivity index (χ2v) is 6.55. The minimum Gasteiger partial charge on any atom is -0.497 e. The number of methoxy groups -OCH3 is 1. The number of hydrogen-bond donors (Lipinski definition) is 0. The number of hydrogen-bond acceptors (Lipinski definition) is 1. The molecule has 1 aliphatic carbocycles.